The average molecular weight is 849 g/mol. The fraction of sp³-hybridized carbons (Fsp3) is 0.651. The molecule has 1 atom stereocenters. The number of aryl methyl sites for hydroxylation is 4. The number of fused-ring (bicyclic) bond motifs is 4. The van der Waals surface area contributed by atoms with Crippen LogP contribution < -0.4 is 20.1 Å². The zero-order valence-electron chi connectivity index (χ0n) is 35.1. The molecule has 0 radical (unpaired) electrons. The Hall–Kier alpha value is -3.69. The van der Waals surface area contributed by atoms with Crippen LogP contribution in [0.2, 0.25) is 0 Å². The highest BCUT2D eigenvalue weighted by Crippen LogP contribution is 2.40. The summed E-state index contributed by atoms with van der Waals surface area (Å²) in [5.74, 6) is -0.285. The highest BCUT2D eigenvalue weighted by Gasteiger charge is 2.30. The Labute approximate surface area is 351 Å². The number of nitrogens with one attached hydrogen (secondary N) is 4. The minimum atomic E-state index is -3.77. The van der Waals surface area contributed by atoms with Crippen molar-refractivity contribution < 1.29 is 36.9 Å². The van der Waals surface area contributed by atoms with Crippen LogP contribution in [0.1, 0.15) is 123 Å². The first-order valence-electron chi connectivity index (χ1n) is 21.4. The molecule has 13 nitrogen and oxygen atoms in total. The summed E-state index contributed by atoms with van der Waals surface area (Å²) in [4.78, 5) is 40.8. The standard InChI is InChI=1S/C22H33N3O3S.C21H31N3O4S.4H2/c1-15(2)25-11-5-6-16(13-25)14-29(27,28)24-22(26)23-21-19-9-3-7-17(19)12-18-8-4-10-20(18)21;1-14(2)20(25)24(3)11-6-12-29(27,28)23-21(26)22-19-17-9-4-7-15(17)13-16-8-5-10-18(16)19;;;;/h12,15-16H,3-11,13-14H2,1-2H3,(H2,23,24,26);13-14H,4-12H2,1-3H3,(H2,22,23,26);4*1H. The molecule has 5 amide bonds. The number of carbonyl (C=O) groups is 3. The van der Waals surface area contributed by atoms with E-state index in [0.717, 1.165) is 125 Å². The third-order valence-corrected chi connectivity index (χ3v) is 15.2. The molecule has 2 aromatic rings. The average Bonchev–Trinajstić information content (AvgIpc) is 3.98. The van der Waals surface area contributed by atoms with Gasteiger partial charge in [0.25, 0.3) is 0 Å². The quantitative estimate of drug-likeness (QED) is 0.180. The van der Waals surface area contributed by atoms with Gasteiger partial charge in [-0.3, -0.25) is 4.79 Å². The van der Waals surface area contributed by atoms with Crippen molar-refractivity contribution in [3.8, 4) is 0 Å². The smallest absolute Gasteiger partial charge is 0.332 e. The van der Waals surface area contributed by atoms with Crippen molar-refractivity contribution in [2.24, 2.45) is 11.8 Å². The van der Waals surface area contributed by atoms with E-state index < -0.39 is 32.1 Å². The van der Waals surface area contributed by atoms with E-state index in [1.807, 2.05) is 0 Å². The lowest BCUT2D eigenvalue weighted by Crippen LogP contribution is -2.44. The Kier molecular flexibility index (Phi) is 14.2. The number of nitrogens with zero attached hydrogens (tertiary/aromatic N) is 2. The summed E-state index contributed by atoms with van der Waals surface area (Å²) < 4.78 is 54.3. The second-order valence-corrected chi connectivity index (χ2v) is 21.2. The maximum Gasteiger partial charge on any atom is 0.332 e. The van der Waals surface area contributed by atoms with Crippen LogP contribution in [-0.2, 0) is 76.2 Å². The minimum Gasteiger partial charge on any atom is -0.346 e. The van der Waals surface area contributed by atoms with Crippen LogP contribution in [0.3, 0.4) is 0 Å². The summed E-state index contributed by atoms with van der Waals surface area (Å²) in [6.45, 7) is 10.0. The third kappa shape index (κ3) is 10.9. The predicted octanol–water partition coefficient (Wildman–Crippen LogP) is 6.84. The minimum absolute atomic E-state index is 0. The van der Waals surface area contributed by atoms with Gasteiger partial charge in [0.2, 0.25) is 26.0 Å². The summed E-state index contributed by atoms with van der Waals surface area (Å²) in [5, 5.41) is 5.76. The molecule has 7 rings (SSSR count). The molecule has 0 saturated carbocycles. The number of anilines is 2. The molecule has 0 bridgehead atoms. The van der Waals surface area contributed by atoms with Gasteiger partial charge >= 0.3 is 12.1 Å². The van der Waals surface area contributed by atoms with E-state index in [1.54, 1.807) is 20.9 Å². The summed E-state index contributed by atoms with van der Waals surface area (Å²) in [6.07, 6.45) is 14.4. The zero-order chi connectivity index (χ0) is 41.8. The molecule has 2 aromatic carbocycles. The van der Waals surface area contributed by atoms with E-state index in [4.69, 9.17) is 0 Å². The topological polar surface area (TPSA) is 174 Å². The molecule has 58 heavy (non-hydrogen) atoms. The summed E-state index contributed by atoms with van der Waals surface area (Å²) in [7, 11) is -5.78. The molecule has 5 aliphatic rings. The van der Waals surface area contributed by atoms with E-state index in [1.165, 1.54) is 38.3 Å². The first-order chi connectivity index (χ1) is 27.5. The van der Waals surface area contributed by atoms with E-state index in [9.17, 15) is 31.2 Å². The van der Waals surface area contributed by atoms with Crippen LogP contribution in [0.4, 0.5) is 21.0 Å². The number of amides is 5. The fourth-order valence-corrected chi connectivity index (χ4v) is 11.9. The van der Waals surface area contributed by atoms with Crippen molar-refractivity contribution in [2.75, 3.05) is 48.8 Å². The molecule has 328 valence electrons. The van der Waals surface area contributed by atoms with Crippen LogP contribution in [0.5, 0.6) is 0 Å². The number of piperidine rings is 1. The third-order valence-electron chi connectivity index (χ3n) is 12.4. The lowest BCUT2D eigenvalue weighted by Gasteiger charge is -2.35. The van der Waals surface area contributed by atoms with Crippen molar-refractivity contribution in [3.05, 3.63) is 56.6 Å². The Bertz CT molecular complexity index is 2060. The first kappa shape index (κ1) is 43.9. The molecule has 0 spiro atoms. The number of urea groups is 2. The van der Waals surface area contributed by atoms with Gasteiger partial charge in [-0.25, -0.2) is 35.9 Å². The van der Waals surface area contributed by atoms with Crippen molar-refractivity contribution in [3.63, 3.8) is 0 Å². The summed E-state index contributed by atoms with van der Waals surface area (Å²) in [6, 6.07) is 3.66. The van der Waals surface area contributed by atoms with Crippen molar-refractivity contribution >= 4 is 49.4 Å². The van der Waals surface area contributed by atoms with E-state index in [0.29, 0.717) is 12.6 Å². The SMILES string of the molecule is CC(C)C(=O)N(C)CCCS(=O)(=O)NC(=O)Nc1c2c(cc3c1CCC3)CCC2.CC(C)N1CCCC(CS(=O)(=O)NC(=O)Nc2c3c(cc4c2CCC4)CCC3)C1.[HH].[HH].[HH].[HH]. The molecule has 1 unspecified atom stereocenters. The Morgan fingerprint density at radius 2 is 1.16 bits per heavy atom. The molecular weight excluding hydrogens is 777 g/mol. The molecular formula is C43H72N6O7S2. The van der Waals surface area contributed by atoms with Crippen molar-refractivity contribution in [1.82, 2.24) is 19.2 Å². The lowest BCUT2D eigenvalue weighted by molar-refractivity contribution is -0.133. The first-order valence-corrected chi connectivity index (χ1v) is 24.8. The molecule has 1 aliphatic heterocycles. The van der Waals surface area contributed by atoms with Gasteiger partial charge in [-0.15, -0.1) is 0 Å². The molecule has 0 aromatic heterocycles. The second kappa shape index (κ2) is 18.7. The van der Waals surface area contributed by atoms with Crippen LogP contribution in [0.25, 0.3) is 0 Å². The molecule has 1 heterocycles. The Morgan fingerprint density at radius 3 is 1.59 bits per heavy atom. The van der Waals surface area contributed by atoms with Gasteiger partial charge in [-0.2, -0.15) is 0 Å². The molecule has 1 saturated heterocycles. The van der Waals surface area contributed by atoms with Crippen LogP contribution in [-0.4, -0.2) is 88.8 Å². The highest BCUT2D eigenvalue weighted by molar-refractivity contribution is 7.90. The fourth-order valence-electron chi connectivity index (χ4n) is 9.64. The second-order valence-electron chi connectivity index (χ2n) is 17.5. The Balaban J connectivity index is 0.000000401. The van der Waals surface area contributed by atoms with Crippen LogP contribution in [0.15, 0.2) is 12.1 Å². The van der Waals surface area contributed by atoms with Gasteiger partial charge in [0.05, 0.1) is 11.5 Å². The van der Waals surface area contributed by atoms with Crippen molar-refractivity contribution in [1.29, 1.82) is 0 Å². The van der Waals surface area contributed by atoms with Crippen LogP contribution in [0, 0.1) is 11.8 Å². The highest BCUT2D eigenvalue weighted by atomic mass is 32.2. The predicted molar refractivity (Wildman–Crippen MR) is 238 cm³/mol. The number of benzene rings is 2. The van der Waals surface area contributed by atoms with Gasteiger partial charge in [0, 0.05) is 49.2 Å². The molecule has 1 fully saturated rings. The van der Waals surface area contributed by atoms with Gasteiger partial charge in [-0.05, 0) is 167 Å². The number of carbonyl (C=O) groups excluding carboxylic acids is 3. The van der Waals surface area contributed by atoms with Gasteiger partial charge < -0.3 is 20.4 Å². The zero-order valence-corrected chi connectivity index (χ0v) is 36.7. The number of rotatable bonds is 12. The summed E-state index contributed by atoms with van der Waals surface area (Å²) >= 11 is 0. The monoisotopic (exact) mass is 848 g/mol. The largest absolute Gasteiger partial charge is 0.346 e. The maximum atomic E-state index is 12.7. The van der Waals surface area contributed by atoms with Gasteiger partial charge in [0.15, 0.2) is 0 Å². The van der Waals surface area contributed by atoms with E-state index in [2.05, 4.69) is 51.0 Å². The molecule has 4 N–H and O–H groups in total. The maximum absolute atomic E-state index is 12.7. The van der Waals surface area contributed by atoms with E-state index >= 15 is 0 Å². The Morgan fingerprint density at radius 1 is 0.707 bits per heavy atom. The van der Waals surface area contributed by atoms with Crippen molar-refractivity contribution in [2.45, 2.75) is 130 Å². The summed E-state index contributed by atoms with van der Waals surface area (Å²) in [5.41, 5.74) is 11.6. The number of likely N-dealkylation sites (tertiary alicyclic amines) is 1. The lowest BCUT2D eigenvalue weighted by atomic mass is 9.99. The van der Waals surface area contributed by atoms with Gasteiger partial charge in [-0.1, -0.05) is 26.0 Å². The molecule has 15 heteroatoms. The normalized spacial score (nSPS) is 18.5. The van der Waals surface area contributed by atoms with Crippen LogP contribution >= 0.6 is 0 Å². The van der Waals surface area contributed by atoms with E-state index in [-0.39, 0.29) is 41.4 Å². The number of hydrogen-bond donors (Lipinski definition) is 4. The number of hydrogen-bond acceptors (Lipinski definition) is 8. The number of sulfonamides is 2. The van der Waals surface area contributed by atoms with Gasteiger partial charge in [0.1, 0.15) is 0 Å². The molecule has 4 aliphatic carbocycles.